The van der Waals surface area contributed by atoms with Crippen LogP contribution in [0.25, 0.3) is 0 Å². The molecule has 2 rings (SSSR count). The maximum absolute atomic E-state index is 13.4. The molecule has 0 bridgehead atoms. The molecule has 1 N–H and O–H groups in total. The van der Waals surface area contributed by atoms with Crippen molar-refractivity contribution in [2.24, 2.45) is 4.99 Å². The molecule has 1 unspecified atom stereocenters. The molecule has 3 nitrogen and oxygen atoms in total. The minimum absolute atomic E-state index is 0.107. The molecule has 1 aromatic carbocycles. The summed E-state index contributed by atoms with van der Waals surface area (Å²) in [6.45, 7) is 1.68. The van der Waals surface area contributed by atoms with Gasteiger partial charge in [-0.15, -0.1) is 0 Å². The number of rotatable bonds is 2. The smallest absolute Gasteiger partial charge is 0.211 e. The van der Waals surface area contributed by atoms with Crippen LogP contribution < -0.4 is 5.32 Å². The van der Waals surface area contributed by atoms with Gasteiger partial charge in [-0.3, -0.25) is 4.79 Å². The quantitative estimate of drug-likeness (QED) is 0.670. The predicted molar refractivity (Wildman–Crippen MR) is 65.9 cm³/mol. The number of carbonyl (C=O) groups excluding carboxylic acids is 1. The first-order chi connectivity index (χ1) is 7.63. The number of para-hydroxylation sites is 1. The zero-order valence-electron chi connectivity index (χ0n) is 8.63. The fraction of sp³-hybridized carbons (Fsp3) is 0.273. The fourth-order valence-electron chi connectivity index (χ4n) is 1.57. The first-order valence-electron chi connectivity index (χ1n) is 4.86. The van der Waals surface area contributed by atoms with Gasteiger partial charge in [0.05, 0.1) is 22.7 Å². The number of aliphatic imine (C=N–C) groups is 1. The van der Waals surface area contributed by atoms with Gasteiger partial charge in [0.25, 0.3) is 0 Å². The van der Waals surface area contributed by atoms with Gasteiger partial charge < -0.3 is 5.32 Å². The predicted octanol–water partition coefficient (Wildman–Crippen LogP) is 3.08. The van der Waals surface area contributed by atoms with Crippen LogP contribution in [0.1, 0.15) is 17.3 Å². The molecule has 0 aromatic heterocycles. The van der Waals surface area contributed by atoms with Gasteiger partial charge >= 0.3 is 0 Å². The average Bonchev–Trinajstić information content (AvgIpc) is 2.29. The molecule has 5 heteroatoms. The van der Waals surface area contributed by atoms with Crippen molar-refractivity contribution in [1.29, 1.82) is 0 Å². The molecule has 1 heterocycles. The highest BCUT2D eigenvalue weighted by Crippen LogP contribution is 2.34. The van der Waals surface area contributed by atoms with E-state index in [-0.39, 0.29) is 11.1 Å². The Morgan fingerprint density at radius 2 is 2.38 bits per heavy atom. The summed E-state index contributed by atoms with van der Waals surface area (Å²) in [6.07, 6.45) is 0. The van der Waals surface area contributed by atoms with Gasteiger partial charge in [0, 0.05) is 5.56 Å². The molecule has 0 aliphatic carbocycles. The third-order valence-electron chi connectivity index (χ3n) is 2.41. The Hall–Kier alpha value is -1.23. The van der Waals surface area contributed by atoms with Crippen molar-refractivity contribution in [2.75, 3.05) is 10.6 Å². The molecule has 1 aliphatic heterocycles. The number of benzene rings is 1. The second kappa shape index (κ2) is 4.33. The number of hydrogen-bond donors (Lipinski definition) is 1. The molecule has 1 aromatic rings. The van der Waals surface area contributed by atoms with Gasteiger partial charge in [-0.25, -0.2) is 4.99 Å². The molecule has 16 heavy (non-hydrogen) atoms. The Morgan fingerprint density at radius 1 is 1.62 bits per heavy atom. The minimum atomic E-state index is -0.498. The Kier molecular flexibility index (Phi) is 3.05. The second-order valence-corrected chi connectivity index (χ2v) is 4.12. The van der Waals surface area contributed by atoms with E-state index in [0.717, 1.165) is 0 Å². The summed E-state index contributed by atoms with van der Waals surface area (Å²) in [7, 11) is 0. The number of carbonyl (C=O) groups is 1. The van der Waals surface area contributed by atoms with Gasteiger partial charge in [-0.2, -0.15) is 4.39 Å². The number of nitrogens with zero attached hydrogens (tertiary/aromatic N) is 1. The van der Waals surface area contributed by atoms with Crippen LogP contribution >= 0.6 is 15.9 Å². The SMILES string of the molecule is CC1Nc2cccc(C(=O)CBr)c2N=C1F. The molecule has 0 spiro atoms. The van der Waals surface area contributed by atoms with E-state index in [2.05, 4.69) is 26.2 Å². The number of fused-ring (bicyclic) bond motifs is 1. The first kappa shape index (κ1) is 11.3. The maximum Gasteiger partial charge on any atom is 0.211 e. The van der Waals surface area contributed by atoms with E-state index in [1.54, 1.807) is 25.1 Å². The van der Waals surface area contributed by atoms with Gasteiger partial charge in [-0.05, 0) is 19.1 Å². The molecule has 0 saturated carbocycles. The van der Waals surface area contributed by atoms with Crippen LogP contribution in [-0.4, -0.2) is 23.1 Å². The van der Waals surface area contributed by atoms with Gasteiger partial charge in [0.1, 0.15) is 0 Å². The minimum Gasteiger partial charge on any atom is -0.373 e. The third kappa shape index (κ3) is 1.87. The zero-order valence-corrected chi connectivity index (χ0v) is 10.2. The molecule has 0 saturated heterocycles. The van der Waals surface area contributed by atoms with Crippen molar-refractivity contribution in [2.45, 2.75) is 13.0 Å². The fourth-order valence-corrected chi connectivity index (χ4v) is 1.88. The normalized spacial score (nSPS) is 18.4. The van der Waals surface area contributed by atoms with Crippen LogP contribution in [0.2, 0.25) is 0 Å². The van der Waals surface area contributed by atoms with Crippen molar-refractivity contribution < 1.29 is 9.18 Å². The van der Waals surface area contributed by atoms with E-state index >= 15 is 0 Å². The lowest BCUT2D eigenvalue weighted by Crippen LogP contribution is -2.26. The van der Waals surface area contributed by atoms with Crippen LogP contribution in [0.5, 0.6) is 0 Å². The summed E-state index contributed by atoms with van der Waals surface area (Å²) in [5, 5.41) is 3.16. The van der Waals surface area contributed by atoms with Crippen molar-refractivity contribution in [3.8, 4) is 0 Å². The summed E-state index contributed by atoms with van der Waals surface area (Å²) in [5.41, 5.74) is 1.52. The van der Waals surface area contributed by atoms with Crippen molar-refractivity contribution in [1.82, 2.24) is 0 Å². The van der Waals surface area contributed by atoms with Crippen LogP contribution in [0.4, 0.5) is 15.8 Å². The maximum atomic E-state index is 13.4. The zero-order chi connectivity index (χ0) is 11.7. The summed E-state index contributed by atoms with van der Waals surface area (Å²) < 4.78 is 13.4. The average molecular weight is 285 g/mol. The summed E-state index contributed by atoms with van der Waals surface area (Å²) in [6, 6.07) is 4.75. The molecule has 84 valence electrons. The van der Waals surface area contributed by atoms with Crippen LogP contribution in [0.15, 0.2) is 23.2 Å². The van der Waals surface area contributed by atoms with Crippen molar-refractivity contribution >= 4 is 39.1 Å². The van der Waals surface area contributed by atoms with Crippen molar-refractivity contribution in [3.63, 3.8) is 0 Å². The topological polar surface area (TPSA) is 41.5 Å². The van der Waals surface area contributed by atoms with E-state index in [9.17, 15) is 9.18 Å². The second-order valence-electron chi connectivity index (χ2n) is 3.56. The lowest BCUT2D eigenvalue weighted by atomic mass is 10.1. The largest absolute Gasteiger partial charge is 0.373 e. The van der Waals surface area contributed by atoms with E-state index in [4.69, 9.17) is 0 Å². The first-order valence-corrected chi connectivity index (χ1v) is 5.98. The number of ketones is 1. The number of halogens is 2. The van der Waals surface area contributed by atoms with Crippen LogP contribution in [-0.2, 0) is 0 Å². The molecule has 1 aliphatic rings. The molecule has 0 amide bonds. The van der Waals surface area contributed by atoms with Gasteiger partial charge in [0.15, 0.2) is 5.78 Å². The molecule has 0 fully saturated rings. The number of hydrogen-bond acceptors (Lipinski definition) is 3. The van der Waals surface area contributed by atoms with Crippen molar-refractivity contribution in [3.05, 3.63) is 23.8 Å². The third-order valence-corrected chi connectivity index (χ3v) is 2.92. The van der Waals surface area contributed by atoms with E-state index in [1.165, 1.54) is 0 Å². The van der Waals surface area contributed by atoms with Gasteiger partial charge in [-0.1, -0.05) is 22.0 Å². The van der Waals surface area contributed by atoms with Crippen LogP contribution in [0.3, 0.4) is 0 Å². The molecular weight excluding hydrogens is 275 g/mol. The number of anilines is 1. The summed E-state index contributed by atoms with van der Waals surface area (Å²) >= 11 is 3.09. The lowest BCUT2D eigenvalue weighted by Gasteiger charge is -2.21. The highest BCUT2D eigenvalue weighted by atomic mass is 79.9. The van der Waals surface area contributed by atoms with Crippen LogP contribution in [0, 0.1) is 0 Å². The summed E-state index contributed by atoms with van der Waals surface area (Å²) in [4.78, 5) is 15.4. The van der Waals surface area contributed by atoms with Gasteiger partial charge in [0.2, 0.25) is 5.97 Å². The molecule has 1 atom stereocenters. The standard InChI is InChI=1S/C11H10BrFN2O/c1-6-11(13)15-10-7(9(16)5-12)3-2-4-8(10)14-6/h2-4,6,14H,5H2,1H3. The highest BCUT2D eigenvalue weighted by molar-refractivity contribution is 9.09. The van der Waals surface area contributed by atoms with E-state index < -0.39 is 12.0 Å². The Morgan fingerprint density at radius 3 is 3.06 bits per heavy atom. The lowest BCUT2D eigenvalue weighted by molar-refractivity contribution is 0.102. The number of Topliss-reactive ketones (excluding diaryl/α,β-unsaturated/α-hetero) is 1. The monoisotopic (exact) mass is 284 g/mol. The number of alkyl halides is 1. The molecule has 0 radical (unpaired) electrons. The molecular formula is C11H10BrFN2O. The Balaban J connectivity index is 2.55. The summed E-state index contributed by atoms with van der Waals surface area (Å²) in [5.74, 6) is -0.605. The van der Waals surface area contributed by atoms with E-state index in [0.29, 0.717) is 16.9 Å². The number of nitrogens with one attached hydrogen (secondary N) is 1. The Labute approximate surface area is 101 Å². The Bertz CT molecular complexity index is 473. The highest BCUT2D eigenvalue weighted by Gasteiger charge is 2.22. The van der Waals surface area contributed by atoms with E-state index in [1.807, 2.05) is 0 Å².